The van der Waals surface area contributed by atoms with E-state index in [1.54, 1.807) is 0 Å². The minimum atomic E-state index is 0.0581. The second kappa shape index (κ2) is 11.6. The highest BCUT2D eigenvalue weighted by Gasteiger charge is 2.46. The van der Waals surface area contributed by atoms with E-state index < -0.39 is 0 Å². The fraction of sp³-hybridized carbons (Fsp3) is 0.176. The van der Waals surface area contributed by atoms with Crippen LogP contribution in [0.5, 0.6) is 0 Å². The van der Waals surface area contributed by atoms with Crippen LogP contribution in [0.3, 0.4) is 0 Å². The fourth-order valence-electron chi connectivity index (χ4n) is 11.7. The number of anilines is 7. The monoisotopic (exact) mass is 744 g/mol. The van der Waals surface area contributed by atoms with Gasteiger partial charge in [0.1, 0.15) is 0 Å². The number of hydrogen-bond acceptors (Lipinski definition) is 4. The predicted octanol–water partition coefficient (Wildman–Crippen LogP) is 8.70. The van der Waals surface area contributed by atoms with E-state index in [2.05, 4.69) is 159 Å². The lowest BCUT2D eigenvalue weighted by Crippen LogP contribution is -2.60. The largest absolute Gasteiger partial charge is 0.375 e. The van der Waals surface area contributed by atoms with E-state index in [4.69, 9.17) is 0 Å². The van der Waals surface area contributed by atoms with Gasteiger partial charge in [0, 0.05) is 105 Å². The predicted molar refractivity (Wildman–Crippen MR) is 246 cm³/mol. The summed E-state index contributed by atoms with van der Waals surface area (Å²) < 4.78 is 2.69. The Morgan fingerprint density at radius 1 is 0.569 bits per heavy atom. The van der Waals surface area contributed by atoms with Gasteiger partial charge in [-0.3, -0.25) is 0 Å². The highest BCUT2D eigenvalue weighted by molar-refractivity contribution is 6.91. The van der Waals surface area contributed by atoms with Gasteiger partial charge in [-0.1, -0.05) is 96.5 Å². The van der Waals surface area contributed by atoms with Crippen LogP contribution >= 0.6 is 0 Å². The number of nitrogens with one attached hydrogen (secondary N) is 1. The number of fused-ring (bicyclic) bond motifs is 11. The van der Waals surface area contributed by atoms with Crippen molar-refractivity contribution in [2.24, 2.45) is 0 Å². The molecule has 0 bridgehead atoms. The van der Waals surface area contributed by atoms with Crippen molar-refractivity contribution in [2.45, 2.75) is 32.1 Å². The Morgan fingerprint density at radius 2 is 1.26 bits per heavy atom. The lowest BCUT2D eigenvalue weighted by Gasteiger charge is -2.45. The number of hydrogen-bond donors (Lipinski definition) is 1. The first kappa shape index (κ1) is 31.7. The zero-order chi connectivity index (χ0) is 37.6. The van der Waals surface area contributed by atoms with Crippen LogP contribution in [0.1, 0.15) is 36.8 Å². The van der Waals surface area contributed by atoms with Gasteiger partial charge in [0.15, 0.2) is 7.28 Å². The van der Waals surface area contributed by atoms with E-state index >= 15 is 0 Å². The lowest BCUT2D eigenvalue weighted by molar-refractivity contribution is 0.949. The van der Waals surface area contributed by atoms with Crippen LogP contribution in [0.2, 0.25) is 0 Å². The molecule has 0 unspecified atom stereocenters. The van der Waals surface area contributed by atoms with Crippen LogP contribution in [0.4, 0.5) is 39.8 Å². The first-order valence-corrected chi connectivity index (χ1v) is 21.4. The van der Waals surface area contributed by atoms with Crippen LogP contribution in [-0.2, 0) is 6.42 Å². The molecule has 14 rings (SSSR count). The van der Waals surface area contributed by atoms with Crippen molar-refractivity contribution in [3.8, 4) is 22.3 Å². The zero-order valence-corrected chi connectivity index (χ0v) is 32.4. The van der Waals surface area contributed by atoms with Crippen molar-refractivity contribution in [1.82, 2.24) is 4.48 Å². The molecule has 6 aliphatic rings. The topological polar surface area (TPSA) is 26.7 Å². The van der Waals surface area contributed by atoms with E-state index in [1.165, 1.54) is 143 Å². The average Bonchev–Trinajstić information content (AvgIpc) is 4.08. The first-order valence-electron chi connectivity index (χ1n) is 21.4. The maximum Gasteiger partial charge on any atom is 0.333 e. The molecular formula is C51H40B2N5. The summed E-state index contributed by atoms with van der Waals surface area (Å²) in [6, 6.07) is 49.1. The first-order chi connectivity index (χ1) is 28.8. The number of aromatic nitrogens is 1. The van der Waals surface area contributed by atoms with Crippen molar-refractivity contribution in [2.75, 3.05) is 46.2 Å². The van der Waals surface area contributed by atoms with Gasteiger partial charge in [-0.2, -0.15) is 0 Å². The summed E-state index contributed by atoms with van der Waals surface area (Å²) in [5.74, 6) is 0. The zero-order valence-electron chi connectivity index (χ0n) is 32.4. The van der Waals surface area contributed by atoms with Gasteiger partial charge >= 0.3 is 6.85 Å². The summed E-state index contributed by atoms with van der Waals surface area (Å²) in [5, 5.41) is 6.61. The van der Waals surface area contributed by atoms with Gasteiger partial charge in [-0.25, -0.2) is 0 Å². The second-order valence-corrected chi connectivity index (χ2v) is 17.3. The molecule has 0 atom stereocenters. The lowest BCUT2D eigenvalue weighted by atomic mass is 9.43. The van der Waals surface area contributed by atoms with E-state index in [0.717, 1.165) is 32.6 Å². The van der Waals surface area contributed by atoms with Crippen molar-refractivity contribution < 1.29 is 0 Å². The summed E-state index contributed by atoms with van der Waals surface area (Å²) in [4.78, 5) is 7.97. The summed E-state index contributed by atoms with van der Waals surface area (Å²) in [5.41, 5.74) is 25.1. The SMILES string of the molecule is [B]1c2cccc3c2N(c2cc(N4CCCC4)cc(-c4cccc5c4Nc4ccccc4C5)c21)c1cc(N2CCCC2)cc2c1B3n1c3ccccc3c3cccc-2c31. The third-order valence-corrected chi connectivity index (χ3v) is 14.3. The van der Waals surface area contributed by atoms with Gasteiger partial charge in [-0.15, -0.1) is 0 Å². The van der Waals surface area contributed by atoms with Gasteiger partial charge in [0.2, 0.25) is 0 Å². The quantitative estimate of drug-likeness (QED) is 0.183. The third-order valence-electron chi connectivity index (χ3n) is 14.3. The molecule has 0 spiro atoms. The van der Waals surface area contributed by atoms with Crippen molar-refractivity contribution in [3.63, 3.8) is 0 Å². The number of nitrogens with zero attached hydrogens (tertiary/aromatic N) is 4. The highest BCUT2D eigenvalue weighted by atomic mass is 15.2. The number of benzene rings is 7. The van der Waals surface area contributed by atoms with Crippen LogP contribution in [0.25, 0.3) is 44.1 Å². The normalized spacial score (nSPS) is 16.5. The van der Waals surface area contributed by atoms with E-state index in [0.29, 0.717) is 0 Å². The summed E-state index contributed by atoms with van der Waals surface area (Å²) >= 11 is 0. The molecule has 7 heterocycles. The van der Waals surface area contributed by atoms with Gasteiger partial charge in [-0.05, 0) is 101 Å². The Labute approximate surface area is 339 Å². The van der Waals surface area contributed by atoms with Crippen LogP contribution in [-0.4, -0.2) is 44.8 Å². The summed E-state index contributed by atoms with van der Waals surface area (Å²) in [6.45, 7) is 4.46. The standard InChI is InChI=1S/C51H40B2N5/c1-3-20-43-31(12-1)26-32-13-9-15-36(49(32)54-43)39-27-33(55-22-5-6-23-55)29-45-47(39)52-41-18-11-19-42-51(41)57(45)46-30-34(56-24-7-8-25-56)28-40-38-17-10-16-37-35-14-2-4-21-44(35)58(50(37)38)53(42)48(40)46/h1-4,9-21,27-30,54H,5-8,22-26H2. The Bertz CT molecular complexity index is 3100. The van der Waals surface area contributed by atoms with Gasteiger partial charge < -0.3 is 24.5 Å². The summed E-state index contributed by atoms with van der Waals surface area (Å²) in [6.07, 6.45) is 5.90. The van der Waals surface area contributed by atoms with Crippen molar-refractivity contribution in [1.29, 1.82) is 0 Å². The number of para-hydroxylation sites is 5. The maximum absolute atomic E-state index is 3.93. The Morgan fingerprint density at radius 3 is 2.12 bits per heavy atom. The molecule has 0 saturated carbocycles. The third kappa shape index (κ3) is 4.19. The molecule has 8 aromatic rings. The number of rotatable bonds is 3. The molecule has 7 heteroatoms. The molecule has 2 fully saturated rings. The van der Waals surface area contributed by atoms with E-state index in [-0.39, 0.29) is 6.85 Å². The maximum atomic E-state index is 3.93. The molecule has 275 valence electrons. The van der Waals surface area contributed by atoms with Gasteiger partial charge in [0.05, 0.1) is 0 Å². The minimum absolute atomic E-state index is 0.0581. The summed E-state index contributed by atoms with van der Waals surface area (Å²) in [7, 11) is 2.51. The average molecular weight is 745 g/mol. The molecule has 6 aliphatic heterocycles. The van der Waals surface area contributed by atoms with E-state index in [1.807, 2.05) is 0 Å². The Hall–Kier alpha value is -6.33. The molecule has 1 radical (unpaired) electrons. The van der Waals surface area contributed by atoms with Crippen LogP contribution < -0.4 is 41.9 Å². The Kier molecular flexibility index (Phi) is 6.36. The molecular weight excluding hydrogens is 704 g/mol. The molecule has 58 heavy (non-hydrogen) atoms. The second-order valence-electron chi connectivity index (χ2n) is 17.3. The van der Waals surface area contributed by atoms with Crippen molar-refractivity contribution >= 4 is 97.6 Å². The Balaban J connectivity index is 1.07. The molecule has 2 saturated heterocycles. The molecule has 7 aromatic carbocycles. The smallest absolute Gasteiger partial charge is 0.333 e. The molecule has 0 aliphatic carbocycles. The van der Waals surface area contributed by atoms with Crippen molar-refractivity contribution in [3.05, 3.63) is 139 Å². The molecule has 0 amide bonds. The molecule has 1 N–H and O–H groups in total. The minimum Gasteiger partial charge on any atom is -0.375 e. The molecule has 5 nitrogen and oxygen atoms in total. The highest BCUT2D eigenvalue weighted by Crippen LogP contribution is 2.49. The van der Waals surface area contributed by atoms with Crippen LogP contribution in [0, 0.1) is 0 Å². The molecule has 1 aromatic heterocycles. The fourth-order valence-corrected chi connectivity index (χ4v) is 11.7. The van der Waals surface area contributed by atoms with Gasteiger partial charge in [0.25, 0.3) is 0 Å². The van der Waals surface area contributed by atoms with E-state index in [9.17, 15) is 0 Å². The van der Waals surface area contributed by atoms with Crippen LogP contribution in [0.15, 0.2) is 127 Å².